The van der Waals surface area contributed by atoms with Gasteiger partial charge in [-0.3, -0.25) is 9.59 Å². The highest BCUT2D eigenvalue weighted by Crippen LogP contribution is 2.36. The lowest BCUT2D eigenvalue weighted by Gasteiger charge is -2.14. The Hall–Kier alpha value is -2.10. The number of ketones is 1. The van der Waals surface area contributed by atoms with Crippen LogP contribution in [0.3, 0.4) is 0 Å². The van der Waals surface area contributed by atoms with Crippen molar-refractivity contribution < 1.29 is 40.1 Å². The maximum atomic E-state index is 12.4. The van der Waals surface area contributed by atoms with Crippen LogP contribution in [0, 0.1) is 0 Å². The lowest BCUT2D eigenvalue weighted by Crippen LogP contribution is -2.28. The molecule has 0 aliphatic heterocycles. The number of Topliss-reactive ketones (excluding diaryl/α,β-unsaturated/α-hetero) is 1. The molecule has 0 aromatic heterocycles. The van der Waals surface area contributed by atoms with Gasteiger partial charge < -0.3 is 8.92 Å². The van der Waals surface area contributed by atoms with Crippen LogP contribution in [0.15, 0.2) is 12.1 Å². The minimum absolute atomic E-state index is 0.00238. The minimum atomic E-state index is -5.88. The lowest BCUT2D eigenvalue weighted by molar-refractivity contribution is -0.142. The molecule has 0 bridgehead atoms. The molecule has 1 aliphatic rings. The summed E-state index contributed by atoms with van der Waals surface area (Å²) in [5.41, 5.74) is -5.14. The molecule has 2 rings (SSSR count). The first kappa shape index (κ1) is 18.2. The van der Waals surface area contributed by atoms with E-state index in [9.17, 15) is 31.2 Å². The summed E-state index contributed by atoms with van der Waals surface area (Å²) in [6, 6.07) is 2.20. The summed E-state index contributed by atoms with van der Waals surface area (Å²) in [7, 11) is -5.88. The fourth-order valence-corrected chi connectivity index (χ4v) is 2.86. The standard InChI is InChI=1S/C14H13F3O6S/c1-2-22-12(19)7-8-3-6-11(13-9(8)4-5-10(13)18)23-24(20,21)14(15,16)17/h3,6H,2,4-5,7H2,1H3. The van der Waals surface area contributed by atoms with Gasteiger partial charge in [0, 0.05) is 6.42 Å². The average Bonchev–Trinajstić information content (AvgIpc) is 2.83. The second kappa shape index (κ2) is 6.42. The first-order chi connectivity index (χ1) is 11.1. The van der Waals surface area contributed by atoms with Gasteiger partial charge in [-0.25, -0.2) is 0 Å². The zero-order chi connectivity index (χ0) is 18.1. The highest BCUT2D eigenvalue weighted by molar-refractivity contribution is 7.88. The average molecular weight is 366 g/mol. The third-order valence-corrected chi connectivity index (χ3v) is 4.34. The molecule has 6 nitrogen and oxygen atoms in total. The molecule has 0 amide bonds. The Labute approximate surface area is 135 Å². The number of benzene rings is 1. The number of rotatable bonds is 5. The van der Waals surface area contributed by atoms with Gasteiger partial charge >= 0.3 is 21.6 Å². The molecule has 1 aromatic rings. The number of alkyl halides is 3. The van der Waals surface area contributed by atoms with E-state index >= 15 is 0 Å². The Bertz CT molecular complexity index is 782. The number of ether oxygens (including phenoxy) is 1. The van der Waals surface area contributed by atoms with E-state index in [4.69, 9.17) is 4.74 Å². The van der Waals surface area contributed by atoms with Crippen molar-refractivity contribution in [2.75, 3.05) is 6.61 Å². The van der Waals surface area contributed by atoms with Gasteiger partial charge in [0.15, 0.2) is 11.5 Å². The van der Waals surface area contributed by atoms with Crippen LogP contribution in [-0.4, -0.2) is 32.3 Å². The highest BCUT2D eigenvalue weighted by Gasteiger charge is 2.49. The molecular formula is C14H13F3O6S. The zero-order valence-electron chi connectivity index (χ0n) is 12.5. The van der Waals surface area contributed by atoms with E-state index in [1.54, 1.807) is 6.92 Å². The molecule has 0 saturated carbocycles. The van der Waals surface area contributed by atoms with Crippen LogP contribution in [0.25, 0.3) is 0 Å². The number of carbonyl (C=O) groups is 2. The molecule has 0 spiro atoms. The van der Waals surface area contributed by atoms with E-state index in [1.165, 1.54) is 6.07 Å². The summed E-state index contributed by atoms with van der Waals surface area (Å²) >= 11 is 0. The molecule has 132 valence electrons. The van der Waals surface area contributed by atoms with Gasteiger partial charge in [-0.2, -0.15) is 21.6 Å². The van der Waals surface area contributed by atoms with E-state index in [1.807, 2.05) is 0 Å². The van der Waals surface area contributed by atoms with Crippen molar-refractivity contribution in [3.63, 3.8) is 0 Å². The van der Waals surface area contributed by atoms with Crippen molar-refractivity contribution in [3.05, 3.63) is 28.8 Å². The summed E-state index contributed by atoms with van der Waals surface area (Å²) in [5.74, 6) is -1.78. The summed E-state index contributed by atoms with van der Waals surface area (Å²) < 4.78 is 68.5. The molecule has 10 heteroatoms. The third-order valence-electron chi connectivity index (χ3n) is 3.38. The van der Waals surface area contributed by atoms with Gasteiger partial charge in [-0.15, -0.1) is 0 Å². The molecule has 0 N–H and O–H groups in total. The molecule has 0 heterocycles. The summed E-state index contributed by atoms with van der Waals surface area (Å²) in [4.78, 5) is 23.5. The topological polar surface area (TPSA) is 86.7 Å². The normalized spacial score (nSPS) is 14.4. The van der Waals surface area contributed by atoms with Crippen molar-refractivity contribution >= 4 is 21.9 Å². The van der Waals surface area contributed by atoms with Crippen molar-refractivity contribution in [2.45, 2.75) is 31.7 Å². The SMILES string of the molecule is CCOC(=O)Cc1ccc(OS(=O)(=O)C(F)(F)F)c2c1CCC2=O. The van der Waals surface area contributed by atoms with Gasteiger partial charge in [0.1, 0.15) is 0 Å². The van der Waals surface area contributed by atoms with Crippen LogP contribution in [0.4, 0.5) is 13.2 Å². The minimum Gasteiger partial charge on any atom is -0.466 e. The van der Waals surface area contributed by atoms with E-state index in [0.717, 1.165) is 6.07 Å². The monoisotopic (exact) mass is 366 g/mol. The Morgan fingerprint density at radius 3 is 2.50 bits per heavy atom. The van der Waals surface area contributed by atoms with Crippen molar-refractivity contribution in [1.29, 1.82) is 0 Å². The van der Waals surface area contributed by atoms with Gasteiger partial charge in [-0.05, 0) is 30.5 Å². The van der Waals surface area contributed by atoms with Gasteiger partial charge in [-0.1, -0.05) is 6.07 Å². The van der Waals surface area contributed by atoms with E-state index < -0.39 is 33.1 Å². The number of carbonyl (C=O) groups excluding carboxylic acids is 2. The fraction of sp³-hybridized carbons (Fsp3) is 0.429. The maximum absolute atomic E-state index is 12.4. The number of fused-ring (bicyclic) bond motifs is 1. The first-order valence-electron chi connectivity index (χ1n) is 6.91. The molecule has 1 aromatic carbocycles. The molecule has 1 aliphatic carbocycles. The summed E-state index contributed by atoms with van der Waals surface area (Å²) in [6.07, 6.45) is 0.0134. The van der Waals surface area contributed by atoms with Gasteiger partial charge in [0.25, 0.3) is 0 Å². The maximum Gasteiger partial charge on any atom is 0.534 e. The lowest BCUT2D eigenvalue weighted by atomic mass is 10.00. The van der Waals surface area contributed by atoms with E-state index in [2.05, 4.69) is 4.18 Å². The van der Waals surface area contributed by atoms with E-state index in [-0.39, 0.29) is 31.4 Å². The Balaban J connectivity index is 2.42. The zero-order valence-corrected chi connectivity index (χ0v) is 13.3. The van der Waals surface area contributed by atoms with Crippen molar-refractivity contribution in [1.82, 2.24) is 0 Å². The van der Waals surface area contributed by atoms with Crippen LogP contribution < -0.4 is 4.18 Å². The first-order valence-corrected chi connectivity index (χ1v) is 8.32. The Kier molecular flexibility index (Phi) is 4.88. The van der Waals surface area contributed by atoms with Crippen molar-refractivity contribution in [2.24, 2.45) is 0 Å². The molecular weight excluding hydrogens is 353 g/mol. The molecule has 0 unspecified atom stereocenters. The van der Waals surface area contributed by atoms with Gasteiger partial charge in [0.2, 0.25) is 0 Å². The van der Waals surface area contributed by atoms with Crippen LogP contribution in [-0.2, 0) is 32.5 Å². The largest absolute Gasteiger partial charge is 0.534 e. The second-order valence-electron chi connectivity index (χ2n) is 4.96. The fourth-order valence-electron chi connectivity index (χ4n) is 2.39. The Morgan fingerprint density at radius 2 is 1.92 bits per heavy atom. The summed E-state index contributed by atoms with van der Waals surface area (Å²) in [5, 5.41) is 0. The van der Waals surface area contributed by atoms with Crippen LogP contribution >= 0.6 is 0 Å². The van der Waals surface area contributed by atoms with Crippen LogP contribution in [0.1, 0.15) is 34.8 Å². The van der Waals surface area contributed by atoms with Crippen molar-refractivity contribution in [3.8, 4) is 5.75 Å². The predicted octanol–water partition coefficient (Wildman–Crippen LogP) is 2.15. The predicted molar refractivity (Wildman–Crippen MR) is 75.0 cm³/mol. The highest BCUT2D eigenvalue weighted by atomic mass is 32.2. The molecule has 0 fully saturated rings. The third kappa shape index (κ3) is 3.53. The molecule has 0 atom stereocenters. The van der Waals surface area contributed by atoms with Crippen LogP contribution in [0.5, 0.6) is 5.75 Å². The quantitative estimate of drug-likeness (QED) is 0.451. The smallest absolute Gasteiger partial charge is 0.466 e. The number of hydrogen-bond donors (Lipinski definition) is 0. The molecule has 0 radical (unpaired) electrons. The van der Waals surface area contributed by atoms with E-state index in [0.29, 0.717) is 11.1 Å². The molecule has 24 heavy (non-hydrogen) atoms. The van der Waals surface area contributed by atoms with Gasteiger partial charge in [0.05, 0.1) is 18.6 Å². The second-order valence-corrected chi connectivity index (χ2v) is 6.50. The number of halogens is 3. The Morgan fingerprint density at radius 1 is 1.25 bits per heavy atom. The summed E-state index contributed by atoms with van der Waals surface area (Å²) in [6.45, 7) is 1.77. The number of esters is 1. The molecule has 0 saturated heterocycles. The van der Waals surface area contributed by atoms with Crippen LogP contribution in [0.2, 0.25) is 0 Å². The number of hydrogen-bond acceptors (Lipinski definition) is 6.